The van der Waals surface area contributed by atoms with Gasteiger partial charge in [-0.15, -0.1) is 0 Å². The van der Waals surface area contributed by atoms with Crippen LogP contribution in [0.25, 0.3) is 0 Å². The number of carbonyl (C=O) groups is 3. The van der Waals surface area contributed by atoms with E-state index in [0.29, 0.717) is 48.3 Å². The van der Waals surface area contributed by atoms with Crippen LogP contribution in [0.2, 0.25) is 0 Å². The van der Waals surface area contributed by atoms with Crippen LogP contribution in [0.15, 0.2) is 71.0 Å². The molecule has 0 radical (unpaired) electrons. The molecule has 5 spiro atoms. The SMILES string of the molecule is CC1C2CCCCC2CCC1C1C=C2CC3CC4(CCCC4)CC34CC3CC5(C)C(c6ccoc6CC(C(O)CO)C6CCC7C(C=CN8CNCC78)C6)OC(=O)C6OC65C5(C6CCCC(Cc7ccccc7)C6)C(O)C(=O)C6C1(C)OC21C4C(=O)OCC61C35. The number of carbonyl (C=O) groups excluding carboxylic acids is 3. The lowest BCUT2D eigenvalue weighted by Gasteiger charge is -2.72. The molecular weight excluding hydrogens is 1130 g/mol. The normalized spacial score (nSPS) is 52.3. The first-order chi connectivity index (χ1) is 43.6. The number of ketones is 1. The van der Waals surface area contributed by atoms with Gasteiger partial charge in [-0.1, -0.05) is 101 Å². The average Bonchev–Trinajstić information content (AvgIpc) is 1.41. The first-order valence-corrected chi connectivity index (χ1v) is 36.8. The van der Waals surface area contributed by atoms with Crippen LogP contribution >= 0.6 is 0 Å². The number of hydrogen-bond donors (Lipinski definition) is 4. The smallest absolute Gasteiger partial charge is 0.339 e. The third-order valence-electron chi connectivity index (χ3n) is 32.0. The fourth-order valence-corrected chi connectivity index (χ4v) is 29.5. The van der Waals surface area contributed by atoms with Crippen LogP contribution in [0.4, 0.5) is 0 Å². The molecular formula is C77H100N2O11. The van der Waals surface area contributed by atoms with Crippen LogP contribution in [0, 0.1) is 122 Å². The predicted octanol–water partition coefficient (Wildman–Crippen LogP) is 11.4. The van der Waals surface area contributed by atoms with Gasteiger partial charge < -0.3 is 43.6 Å². The summed E-state index contributed by atoms with van der Waals surface area (Å²) in [7, 11) is 0. The molecule has 17 aliphatic rings. The Morgan fingerprint density at radius 3 is 2.50 bits per heavy atom. The Morgan fingerprint density at radius 1 is 0.822 bits per heavy atom. The number of cyclic esters (lactones) is 2. The summed E-state index contributed by atoms with van der Waals surface area (Å²) >= 11 is 0. The van der Waals surface area contributed by atoms with E-state index in [-0.39, 0.29) is 77.7 Å². The van der Waals surface area contributed by atoms with Crippen molar-refractivity contribution in [2.75, 3.05) is 26.4 Å². The second kappa shape index (κ2) is 19.7. The first kappa shape index (κ1) is 57.6. The number of furan rings is 1. The summed E-state index contributed by atoms with van der Waals surface area (Å²) < 4.78 is 37.4. The minimum absolute atomic E-state index is 0.0607. The number of allylic oxidation sites excluding steroid dienone is 1. The zero-order chi connectivity index (χ0) is 60.9. The van der Waals surface area contributed by atoms with Crippen molar-refractivity contribution in [3.63, 3.8) is 0 Å². The molecule has 0 amide bonds. The fraction of sp³-hybridized carbons (Fsp3) is 0.779. The van der Waals surface area contributed by atoms with Gasteiger partial charge >= 0.3 is 11.9 Å². The van der Waals surface area contributed by atoms with Crippen LogP contribution < -0.4 is 5.32 Å². The van der Waals surface area contributed by atoms with Crippen LogP contribution in [0.3, 0.4) is 0 Å². The lowest BCUT2D eigenvalue weighted by Crippen LogP contribution is -2.82. The molecule has 8 heterocycles. The van der Waals surface area contributed by atoms with E-state index in [0.717, 1.165) is 121 Å². The lowest BCUT2D eigenvalue weighted by atomic mass is 9.29. The number of aliphatic hydroxyl groups is 3. The maximum absolute atomic E-state index is 17.7. The van der Waals surface area contributed by atoms with Crippen molar-refractivity contribution in [3.8, 4) is 0 Å². The van der Waals surface area contributed by atoms with E-state index in [1.54, 1.807) is 6.26 Å². The Bertz CT molecular complexity index is 3340. The van der Waals surface area contributed by atoms with E-state index in [1.165, 1.54) is 56.1 Å². The van der Waals surface area contributed by atoms with Crippen molar-refractivity contribution in [3.05, 3.63) is 83.5 Å². The van der Waals surface area contributed by atoms with Crippen molar-refractivity contribution >= 4 is 17.7 Å². The first-order valence-electron chi connectivity index (χ1n) is 36.8. The van der Waals surface area contributed by atoms with E-state index in [4.69, 9.17) is 23.4 Å². The number of hydrogen-bond acceptors (Lipinski definition) is 13. The molecule has 5 bridgehead atoms. The van der Waals surface area contributed by atoms with Gasteiger partial charge in [0.1, 0.15) is 35.8 Å². The summed E-state index contributed by atoms with van der Waals surface area (Å²) in [4.78, 5) is 52.2. The van der Waals surface area contributed by atoms with Gasteiger partial charge in [0, 0.05) is 41.3 Å². The molecule has 28 unspecified atom stereocenters. The Labute approximate surface area is 532 Å². The van der Waals surface area contributed by atoms with Crippen molar-refractivity contribution in [2.45, 2.75) is 222 Å². The number of Topliss-reactive ketones (excluding diaryl/α,β-unsaturated/α-hetero) is 1. The largest absolute Gasteiger partial charge is 0.469 e. The van der Waals surface area contributed by atoms with Crippen molar-refractivity contribution < 1.29 is 53.1 Å². The highest BCUT2D eigenvalue weighted by Gasteiger charge is 2.99. The van der Waals surface area contributed by atoms with E-state index in [9.17, 15) is 15.3 Å². The summed E-state index contributed by atoms with van der Waals surface area (Å²) in [6.07, 6.45) is 28.6. The fourth-order valence-electron chi connectivity index (χ4n) is 29.5. The van der Waals surface area contributed by atoms with Gasteiger partial charge in [0.15, 0.2) is 11.9 Å². The van der Waals surface area contributed by atoms with Gasteiger partial charge in [-0.3, -0.25) is 14.9 Å². The molecule has 484 valence electrons. The summed E-state index contributed by atoms with van der Waals surface area (Å²) in [6, 6.07) is 13.3. The summed E-state index contributed by atoms with van der Waals surface area (Å²) in [5.41, 5.74) is -3.96. The van der Waals surface area contributed by atoms with E-state index in [1.807, 2.05) is 6.07 Å². The van der Waals surface area contributed by atoms with Crippen molar-refractivity contribution in [1.29, 1.82) is 0 Å². The average molecular weight is 1230 g/mol. The van der Waals surface area contributed by atoms with Crippen molar-refractivity contribution in [2.24, 2.45) is 122 Å². The van der Waals surface area contributed by atoms with E-state index in [2.05, 4.69) is 79.7 Å². The highest BCUT2D eigenvalue weighted by Crippen LogP contribution is 2.91. The molecule has 1 aromatic carbocycles. The topological polar surface area (TPSA) is 181 Å². The Kier molecular flexibility index (Phi) is 12.6. The summed E-state index contributed by atoms with van der Waals surface area (Å²) in [5, 5.41) is 41.5. The van der Waals surface area contributed by atoms with E-state index < -0.39 is 86.6 Å². The lowest BCUT2D eigenvalue weighted by molar-refractivity contribution is -0.301. The van der Waals surface area contributed by atoms with Gasteiger partial charge in [0.05, 0.1) is 48.5 Å². The number of aliphatic hydroxyl groups excluding tert-OH is 3. The number of esters is 2. The minimum atomic E-state index is -1.50. The van der Waals surface area contributed by atoms with Gasteiger partial charge in [0.2, 0.25) is 0 Å². The molecule has 19 rings (SSSR count). The molecule has 1 aromatic heterocycles. The monoisotopic (exact) mass is 1230 g/mol. The molecule has 28 atom stereocenters. The van der Waals surface area contributed by atoms with Crippen LogP contribution in [-0.4, -0.2) is 106 Å². The second-order valence-electron chi connectivity index (χ2n) is 34.9. The molecule has 13 heteroatoms. The number of rotatable bonds is 10. The second-order valence-corrected chi connectivity index (χ2v) is 34.9. The molecule has 2 aromatic rings. The van der Waals surface area contributed by atoms with Crippen LogP contribution in [0.5, 0.6) is 0 Å². The standard InChI is InChI=1S/C77H100N2O11/c1-42-52-17-8-7-15-45(52)18-20-53(42)57-32-50-31-51-36-72(24-9-10-25-72)39-73(51)35-48-34-70(2)66(55-23-27-86-60(55)33-56(59(81)38-80)46-19-21-54-47(30-46)22-26-79-41-78-37-58(54)79)88-69(85)67-77(70,89-67)75(49-16-11-14-44(29-49)28-43-12-5-4-6-13-43)62(48)74-40-87-68(84)64(73)76(50,74)90-71(57,3)63(74)61(82)65(75)83/h4-6,12-13,22-23,26-27,32,42,44-49,51-54,56-59,62-67,78,80-81,83H,7-11,14-21,24-25,28-31,33-41H2,1-3H3. The Morgan fingerprint density at radius 2 is 1.66 bits per heavy atom. The molecule has 90 heavy (non-hydrogen) atoms. The van der Waals surface area contributed by atoms with Gasteiger partial charge in [-0.05, 0) is 221 Å². The maximum Gasteiger partial charge on any atom is 0.339 e. The summed E-state index contributed by atoms with van der Waals surface area (Å²) in [6.45, 7) is 8.66. The summed E-state index contributed by atoms with van der Waals surface area (Å²) in [5.74, 6) is 0.893. The van der Waals surface area contributed by atoms with Gasteiger partial charge in [-0.25, -0.2) is 4.79 Å². The number of nitrogens with one attached hydrogen (secondary N) is 1. The minimum Gasteiger partial charge on any atom is -0.469 e. The molecule has 15 fully saturated rings. The van der Waals surface area contributed by atoms with Gasteiger partial charge in [0.25, 0.3) is 0 Å². The Balaban J connectivity index is 0.802. The molecule has 5 saturated heterocycles. The zero-order valence-electron chi connectivity index (χ0n) is 53.8. The number of ether oxygens (including phenoxy) is 4. The molecule has 7 aliphatic heterocycles. The highest BCUT2D eigenvalue weighted by molar-refractivity contribution is 5.94. The van der Waals surface area contributed by atoms with Crippen molar-refractivity contribution in [1.82, 2.24) is 10.2 Å². The number of benzene rings is 1. The number of epoxide rings is 1. The third kappa shape index (κ3) is 7.01. The highest BCUT2D eigenvalue weighted by atomic mass is 16.7. The van der Waals surface area contributed by atoms with Crippen LogP contribution in [-0.2, 0) is 46.2 Å². The number of nitrogens with zero attached hydrogens (tertiary/aromatic N) is 1. The predicted molar refractivity (Wildman–Crippen MR) is 333 cm³/mol. The molecule has 4 N–H and O–H groups in total. The molecule has 10 aliphatic carbocycles. The molecule has 10 saturated carbocycles. The maximum atomic E-state index is 17.7. The molecule has 13 nitrogen and oxygen atoms in total. The Hall–Kier alpha value is -3.85. The van der Waals surface area contributed by atoms with Gasteiger partial charge in [-0.2, -0.15) is 0 Å². The van der Waals surface area contributed by atoms with Crippen LogP contribution in [0.1, 0.15) is 185 Å². The number of fused-ring (bicyclic) bond motifs is 6. The van der Waals surface area contributed by atoms with E-state index >= 15 is 14.4 Å². The quantitative estimate of drug-likeness (QED) is 0.100. The zero-order valence-corrected chi connectivity index (χ0v) is 53.8. The third-order valence-corrected chi connectivity index (χ3v) is 32.0.